The molecule has 0 atom stereocenters. The summed E-state index contributed by atoms with van der Waals surface area (Å²) >= 11 is 3.37. The van der Waals surface area contributed by atoms with Crippen LogP contribution in [0, 0.1) is 13.8 Å². The Morgan fingerprint density at radius 1 is 1.17 bits per heavy atom. The summed E-state index contributed by atoms with van der Waals surface area (Å²) in [5.41, 5.74) is 3.72. The maximum absolute atomic E-state index is 4.35. The number of aryl methyl sites for hydroxylation is 3. The second-order valence-electron chi connectivity index (χ2n) is 4.24. The first-order valence-corrected chi connectivity index (χ1v) is 6.75. The Morgan fingerprint density at radius 3 is 2.56 bits per heavy atom. The Morgan fingerprint density at radius 2 is 1.94 bits per heavy atom. The van der Waals surface area contributed by atoms with Crippen LogP contribution >= 0.6 is 15.9 Å². The summed E-state index contributed by atoms with van der Waals surface area (Å²) < 4.78 is 0.791. The first-order chi connectivity index (χ1) is 8.58. The summed E-state index contributed by atoms with van der Waals surface area (Å²) in [6.07, 6.45) is 1.06. The molecule has 2 aromatic rings. The van der Waals surface area contributed by atoms with E-state index in [1.54, 1.807) is 0 Å². The van der Waals surface area contributed by atoms with Crippen LogP contribution < -0.4 is 5.32 Å². The van der Waals surface area contributed by atoms with Crippen molar-refractivity contribution in [1.29, 1.82) is 0 Å². The van der Waals surface area contributed by atoms with Gasteiger partial charge in [-0.05, 0) is 59.5 Å². The SMILES string of the molecule is CCc1ccc(Nc2cc(Br)nc(C)n2)cc1C. The summed E-state index contributed by atoms with van der Waals surface area (Å²) in [6, 6.07) is 8.25. The first-order valence-electron chi connectivity index (χ1n) is 5.96. The second-order valence-corrected chi connectivity index (χ2v) is 5.06. The molecule has 0 saturated carbocycles. The highest BCUT2D eigenvalue weighted by atomic mass is 79.9. The molecule has 4 heteroatoms. The predicted molar refractivity (Wildman–Crippen MR) is 78.3 cm³/mol. The van der Waals surface area contributed by atoms with Crippen LogP contribution in [0.15, 0.2) is 28.9 Å². The van der Waals surface area contributed by atoms with Crippen LogP contribution in [0.2, 0.25) is 0 Å². The Balaban J connectivity index is 2.25. The maximum Gasteiger partial charge on any atom is 0.135 e. The van der Waals surface area contributed by atoms with Gasteiger partial charge in [0.25, 0.3) is 0 Å². The third-order valence-corrected chi connectivity index (χ3v) is 3.21. The molecule has 0 bridgehead atoms. The number of nitrogens with zero attached hydrogens (tertiary/aromatic N) is 2. The lowest BCUT2D eigenvalue weighted by molar-refractivity contribution is 1.04. The third-order valence-electron chi connectivity index (χ3n) is 2.80. The van der Waals surface area contributed by atoms with E-state index in [1.165, 1.54) is 11.1 Å². The molecule has 0 unspecified atom stereocenters. The summed E-state index contributed by atoms with van der Waals surface area (Å²) in [4.78, 5) is 8.54. The molecule has 0 radical (unpaired) electrons. The van der Waals surface area contributed by atoms with E-state index in [4.69, 9.17) is 0 Å². The number of nitrogens with one attached hydrogen (secondary N) is 1. The van der Waals surface area contributed by atoms with E-state index in [0.29, 0.717) is 0 Å². The highest BCUT2D eigenvalue weighted by Crippen LogP contribution is 2.20. The van der Waals surface area contributed by atoms with Crippen molar-refractivity contribution in [2.75, 3.05) is 5.32 Å². The standard InChI is InChI=1S/C14H16BrN3/c1-4-11-5-6-12(7-9(11)2)18-14-8-13(15)16-10(3)17-14/h5-8H,4H2,1-3H3,(H,16,17,18). The summed E-state index contributed by atoms with van der Waals surface area (Å²) in [5.74, 6) is 1.55. The number of hydrogen-bond donors (Lipinski definition) is 1. The van der Waals surface area contributed by atoms with Gasteiger partial charge in [0.05, 0.1) is 0 Å². The average molecular weight is 306 g/mol. The van der Waals surface area contributed by atoms with Crippen molar-refractivity contribution in [2.45, 2.75) is 27.2 Å². The van der Waals surface area contributed by atoms with Gasteiger partial charge in [0.1, 0.15) is 16.2 Å². The highest BCUT2D eigenvalue weighted by Gasteiger charge is 2.02. The van der Waals surface area contributed by atoms with Gasteiger partial charge < -0.3 is 5.32 Å². The predicted octanol–water partition coefficient (Wildman–Crippen LogP) is 4.16. The molecule has 0 spiro atoms. The molecular formula is C14H16BrN3. The number of aromatic nitrogens is 2. The molecule has 0 aliphatic carbocycles. The van der Waals surface area contributed by atoms with Gasteiger partial charge in [0.15, 0.2) is 0 Å². The quantitative estimate of drug-likeness (QED) is 0.865. The molecule has 0 saturated heterocycles. The maximum atomic E-state index is 4.35. The molecule has 3 nitrogen and oxygen atoms in total. The van der Waals surface area contributed by atoms with E-state index in [-0.39, 0.29) is 0 Å². The van der Waals surface area contributed by atoms with Crippen molar-refractivity contribution in [1.82, 2.24) is 9.97 Å². The average Bonchev–Trinajstić information content (AvgIpc) is 2.27. The van der Waals surface area contributed by atoms with Crippen LogP contribution in [-0.2, 0) is 6.42 Å². The molecule has 0 aliphatic heterocycles. The second kappa shape index (κ2) is 5.48. The van der Waals surface area contributed by atoms with E-state index in [0.717, 1.165) is 28.4 Å². The van der Waals surface area contributed by atoms with Crippen LogP contribution in [0.1, 0.15) is 23.9 Å². The number of halogens is 1. The molecule has 0 fully saturated rings. The fraction of sp³-hybridized carbons (Fsp3) is 0.286. The first kappa shape index (κ1) is 13.0. The highest BCUT2D eigenvalue weighted by molar-refractivity contribution is 9.10. The molecule has 0 aliphatic rings. The zero-order valence-corrected chi connectivity index (χ0v) is 12.4. The summed E-state index contributed by atoms with van der Waals surface area (Å²) in [7, 11) is 0. The van der Waals surface area contributed by atoms with Gasteiger partial charge in [0.2, 0.25) is 0 Å². The van der Waals surface area contributed by atoms with Crippen LogP contribution in [0.5, 0.6) is 0 Å². The molecule has 1 aromatic heterocycles. The van der Waals surface area contributed by atoms with Crippen molar-refractivity contribution < 1.29 is 0 Å². The van der Waals surface area contributed by atoms with Gasteiger partial charge >= 0.3 is 0 Å². The minimum absolute atomic E-state index is 0.744. The van der Waals surface area contributed by atoms with E-state index in [2.05, 4.69) is 63.3 Å². The van der Waals surface area contributed by atoms with E-state index in [9.17, 15) is 0 Å². The van der Waals surface area contributed by atoms with E-state index in [1.807, 2.05) is 13.0 Å². The molecule has 1 N–H and O–H groups in total. The van der Waals surface area contributed by atoms with Crippen molar-refractivity contribution in [2.24, 2.45) is 0 Å². The van der Waals surface area contributed by atoms with E-state index >= 15 is 0 Å². The molecule has 1 heterocycles. The minimum atomic E-state index is 0.744. The smallest absolute Gasteiger partial charge is 0.135 e. The molecule has 2 rings (SSSR count). The Labute approximate surface area is 116 Å². The van der Waals surface area contributed by atoms with Crippen LogP contribution in [0.25, 0.3) is 0 Å². The lowest BCUT2D eigenvalue weighted by Gasteiger charge is -2.09. The third kappa shape index (κ3) is 3.07. The summed E-state index contributed by atoms with van der Waals surface area (Å²) in [5, 5.41) is 3.30. The summed E-state index contributed by atoms with van der Waals surface area (Å²) in [6.45, 7) is 6.17. The minimum Gasteiger partial charge on any atom is -0.340 e. The van der Waals surface area contributed by atoms with Gasteiger partial charge in [-0.2, -0.15) is 0 Å². The van der Waals surface area contributed by atoms with Crippen LogP contribution in [0.4, 0.5) is 11.5 Å². The van der Waals surface area contributed by atoms with Crippen LogP contribution in [0.3, 0.4) is 0 Å². The van der Waals surface area contributed by atoms with Crippen LogP contribution in [-0.4, -0.2) is 9.97 Å². The number of rotatable bonds is 3. The fourth-order valence-electron chi connectivity index (χ4n) is 1.91. The van der Waals surface area contributed by atoms with Crippen molar-refractivity contribution in [3.63, 3.8) is 0 Å². The zero-order chi connectivity index (χ0) is 13.1. The molecule has 0 amide bonds. The van der Waals surface area contributed by atoms with E-state index < -0.39 is 0 Å². The van der Waals surface area contributed by atoms with Crippen molar-refractivity contribution in [3.05, 3.63) is 45.8 Å². The Bertz CT molecular complexity index is 547. The molecule has 94 valence electrons. The van der Waals surface area contributed by atoms with Crippen molar-refractivity contribution >= 4 is 27.4 Å². The topological polar surface area (TPSA) is 37.8 Å². The zero-order valence-electron chi connectivity index (χ0n) is 10.8. The monoisotopic (exact) mass is 305 g/mol. The van der Waals surface area contributed by atoms with Crippen molar-refractivity contribution in [3.8, 4) is 0 Å². The molecular weight excluding hydrogens is 290 g/mol. The number of anilines is 2. The molecule has 18 heavy (non-hydrogen) atoms. The lowest BCUT2D eigenvalue weighted by Crippen LogP contribution is -1.98. The molecule has 1 aromatic carbocycles. The van der Waals surface area contributed by atoms with Gasteiger partial charge in [0, 0.05) is 11.8 Å². The Kier molecular flexibility index (Phi) is 3.97. The Hall–Kier alpha value is -1.42. The van der Waals surface area contributed by atoms with Gasteiger partial charge in [-0.1, -0.05) is 13.0 Å². The number of hydrogen-bond acceptors (Lipinski definition) is 3. The lowest BCUT2D eigenvalue weighted by atomic mass is 10.1. The largest absolute Gasteiger partial charge is 0.340 e. The van der Waals surface area contributed by atoms with Gasteiger partial charge in [-0.3, -0.25) is 0 Å². The number of benzene rings is 1. The normalized spacial score (nSPS) is 10.4. The van der Waals surface area contributed by atoms with Gasteiger partial charge in [-0.25, -0.2) is 9.97 Å². The fourth-order valence-corrected chi connectivity index (χ4v) is 2.39. The van der Waals surface area contributed by atoms with Gasteiger partial charge in [-0.15, -0.1) is 0 Å².